The lowest BCUT2D eigenvalue weighted by Crippen LogP contribution is -2.45. The molecule has 5 nitrogen and oxygen atoms in total. The average Bonchev–Trinajstić information content (AvgIpc) is 2.60. The largest absolute Gasteiger partial charge is 0.342 e. The van der Waals surface area contributed by atoms with Crippen LogP contribution in [0.5, 0.6) is 0 Å². The normalized spacial score (nSPS) is 18.8. The van der Waals surface area contributed by atoms with E-state index >= 15 is 0 Å². The summed E-state index contributed by atoms with van der Waals surface area (Å²) in [4.78, 5) is 31.3. The van der Waals surface area contributed by atoms with Crippen molar-refractivity contribution in [3.63, 3.8) is 0 Å². The Kier molecular flexibility index (Phi) is 4.38. The van der Waals surface area contributed by atoms with Gasteiger partial charge in [-0.3, -0.25) is 14.6 Å². The second-order valence-electron chi connectivity index (χ2n) is 7.10. The van der Waals surface area contributed by atoms with Crippen molar-refractivity contribution >= 4 is 28.4 Å². The van der Waals surface area contributed by atoms with Crippen LogP contribution >= 0.6 is 0 Å². The van der Waals surface area contributed by atoms with E-state index in [9.17, 15) is 9.59 Å². The van der Waals surface area contributed by atoms with Gasteiger partial charge in [-0.05, 0) is 37.8 Å². The van der Waals surface area contributed by atoms with Gasteiger partial charge in [0.1, 0.15) is 0 Å². The summed E-state index contributed by atoms with van der Waals surface area (Å²) in [5, 5.41) is 4.05. The fraction of sp³-hybridized carbons (Fsp3) is 0.450. The van der Waals surface area contributed by atoms with Gasteiger partial charge in [-0.15, -0.1) is 0 Å². The number of anilines is 1. The molecule has 2 heterocycles. The van der Waals surface area contributed by atoms with Gasteiger partial charge in [0.05, 0.1) is 11.2 Å². The molecule has 0 radical (unpaired) electrons. The van der Waals surface area contributed by atoms with Crippen LogP contribution in [0.25, 0.3) is 10.9 Å². The van der Waals surface area contributed by atoms with Gasteiger partial charge in [0.2, 0.25) is 11.8 Å². The highest BCUT2D eigenvalue weighted by molar-refractivity contribution is 6.01. The minimum atomic E-state index is -0.0376. The van der Waals surface area contributed by atoms with Crippen molar-refractivity contribution in [1.29, 1.82) is 0 Å². The number of hydrogen-bond donors (Lipinski definition) is 1. The number of likely N-dealkylation sites (tertiary alicyclic amines) is 1. The summed E-state index contributed by atoms with van der Waals surface area (Å²) in [6, 6.07) is 9.69. The highest BCUT2D eigenvalue weighted by atomic mass is 16.2. The fourth-order valence-electron chi connectivity index (χ4n) is 3.72. The van der Waals surface area contributed by atoms with Gasteiger partial charge >= 0.3 is 0 Å². The smallest absolute Gasteiger partial charge is 0.227 e. The number of para-hydroxylation sites is 1. The number of carbonyl (C=O) groups excluding carboxylic acids is 2. The molecule has 2 aliphatic rings. The standard InChI is InChI=1S/C20H23N3O2/c24-19(22-17-8-2-4-14-7-3-11-21-18(14)17)15-9-12-23(13-10-15)20(25)16-5-1-6-16/h2-4,7-8,11,15-16H,1,5-6,9-10,12-13H2,(H,22,24). The van der Waals surface area contributed by atoms with Crippen molar-refractivity contribution in [2.45, 2.75) is 32.1 Å². The number of rotatable bonds is 3. The average molecular weight is 337 g/mol. The Morgan fingerprint density at radius 1 is 1.00 bits per heavy atom. The van der Waals surface area contributed by atoms with Crippen LogP contribution < -0.4 is 5.32 Å². The summed E-state index contributed by atoms with van der Waals surface area (Å²) in [7, 11) is 0. The van der Waals surface area contributed by atoms with Gasteiger partial charge in [-0.1, -0.05) is 24.6 Å². The predicted octanol–water partition coefficient (Wildman–Crippen LogP) is 3.21. The lowest BCUT2D eigenvalue weighted by Gasteiger charge is -2.36. The molecule has 1 N–H and O–H groups in total. The van der Waals surface area contributed by atoms with Gasteiger partial charge in [0, 0.05) is 36.5 Å². The van der Waals surface area contributed by atoms with Crippen LogP contribution in [0.2, 0.25) is 0 Å². The van der Waals surface area contributed by atoms with E-state index < -0.39 is 0 Å². The van der Waals surface area contributed by atoms with E-state index in [1.165, 1.54) is 6.42 Å². The third kappa shape index (κ3) is 3.23. The third-order valence-electron chi connectivity index (χ3n) is 5.52. The number of nitrogens with one attached hydrogen (secondary N) is 1. The first kappa shape index (κ1) is 16.1. The maximum absolute atomic E-state index is 12.6. The highest BCUT2D eigenvalue weighted by Gasteiger charge is 2.33. The quantitative estimate of drug-likeness (QED) is 0.935. The highest BCUT2D eigenvalue weighted by Crippen LogP contribution is 2.30. The molecular weight excluding hydrogens is 314 g/mol. The third-order valence-corrected chi connectivity index (χ3v) is 5.52. The lowest BCUT2D eigenvalue weighted by molar-refractivity contribution is -0.140. The fourth-order valence-corrected chi connectivity index (χ4v) is 3.72. The van der Waals surface area contributed by atoms with Crippen LogP contribution in [0.3, 0.4) is 0 Å². The number of carbonyl (C=O) groups is 2. The minimum Gasteiger partial charge on any atom is -0.342 e. The number of pyridine rings is 1. The first-order chi connectivity index (χ1) is 12.2. The Hall–Kier alpha value is -2.43. The van der Waals surface area contributed by atoms with Gasteiger partial charge in [0.15, 0.2) is 0 Å². The van der Waals surface area contributed by atoms with E-state index in [4.69, 9.17) is 0 Å². The zero-order valence-corrected chi connectivity index (χ0v) is 14.3. The molecule has 1 aromatic carbocycles. The van der Waals surface area contributed by atoms with Gasteiger partial charge in [-0.25, -0.2) is 0 Å². The number of amides is 2. The molecule has 2 aromatic rings. The topological polar surface area (TPSA) is 62.3 Å². The summed E-state index contributed by atoms with van der Waals surface area (Å²) in [5.41, 5.74) is 1.58. The molecule has 5 heteroatoms. The van der Waals surface area contributed by atoms with E-state index in [2.05, 4.69) is 10.3 Å². The van der Waals surface area contributed by atoms with Crippen LogP contribution in [-0.4, -0.2) is 34.8 Å². The lowest BCUT2D eigenvalue weighted by atomic mass is 9.83. The molecule has 1 aliphatic carbocycles. The second-order valence-corrected chi connectivity index (χ2v) is 7.10. The Morgan fingerprint density at radius 2 is 1.76 bits per heavy atom. The monoisotopic (exact) mass is 337 g/mol. The van der Waals surface area contributed by atoms with E-state index in [1.54, 1.807) is 6.20 Å². The summed E-state index contributed by atoms with van der Waals surface area (Å²) >= 11 is 0. The van der Waals surface area contributed by atoms with Crippen molar-refractivity contribution < 1.29 is 9.59 Å². The van der Waals surface area contributed by atoms with Gasteiger partial charge in [0.25, 0.3) is 0 Å². The predicted molar refractivity (Wildman–Crippen MR) is 97.0 cm³/mol. The summed E-state index contributed by atoms with van der Waals surface area (Å²) in [5.74, 6) is 0.536. The molecule has 0 bridgehead atoms. The molecule has 1 aromatic heterocycles. The second kappa shape index (κ2) is 6.82. The van der Waals surface area contributed by atoms with Crippen LogP contribution in [-0.2, 0) is 9.59 Å². The van der Waals surface area contributed by atoms with Crippen molar-refractivity contribution in [1.82, 2.24) is 9.88 Å². The van der Waals surface area contributed by atoms with Crippen molar-refractivity contribution in [2.75, 3.05) is 18.4 Å². The van der Waals surface area contributed by atoms with Crippen LogP contribution in [0.1, 0.15) is 32.1 Å². The zero-order valence-electron chi connectivity index (χ0n) is 14.3. The molecule has 4 rings (SSSR count). The SMILES string of the molecule is O=C(Nc1cccc2cccnc12)C1CCN(C(=O)C2CCC2)CC1. The molecule has 1 saturated heterocycles. The van der Waals surface area contributed by atoms with Gasteiger partial charge in [-0.2, -0.15) is 0 Å². The molecule has 0 spiro atoms. The van der Waals surface area contributed by atoms with E-state index in [0.717, 1.165) is 42.3 Å². The summed E-state index contributed by atoms with van der Waals surface area (Å²) < 4.78 is 0. The van der Waals surface area contributed by atoms with E-state index in [-0.39, 0.29) is 17.7 Å². The van der Waals surface area contributed by atoms with E-state index in [0.29, 0.717) is 19.0 Å². The number of piperidine rings is 1. The maximum Gasteiger partial charge on any atom is 0.227 e. The van der Waals surface area contributed by atoms with Crippen molar-refractivity contribution in [2.24, 2.45) is 11.8 Å². The van der Waals surface area contributed by atoms with Crippen molar-refractivity contribution in [3.05, 3.63) is 36.5 Å². The molecule has 0 atom stereocenters. The van der Waals surface area contributed by atoms with Crippen molar-refractivity contribution in [3.8, 4) is 0 Å². The Bertz CT molecular complexity index is 787. The summed E-state index contributed by atoms with van der Waals surface area (Å²) in [6.45, 7) is 1.39. The number of hydrogen-bond acceptors (Lipinski definition) is 3. The first-order valence-electron chi connectivity index (χ1n) is 9.16. The van der Waals surface area contributed by atoms with Crippen LogP contribution in [0.4, 0.5) is 5.69 Å². The molecule has 0 unspecified atom stereocenters. The molecule has 25 heavy (non-hydrogen) atoms. The minimum absolute atomic E-state index is 0.0360. The number of aromatic nitrogens is 1. The Labute approximate surface area is 147 Å². The molecule has 2 amide bonds. The number of benzene rings is 1. The number of nitrogens with zero attached hydrogens (tertiary/aromatic N) is 2. The maximum atomic E-state index is 12.6. The summed E-state index contributed by atoms with van der Waals surface area (Å²) in [6.07, 6.45) is 6.46. The Morgan fingerprint density at radius 3 is 2.48 bits per heavy atom. The zero-order chi connectivity index (χ0) is 17.2. The molecule has 130 valence electrons. The Balaban J connectivity index is 1.38. The first-order valence-corrected chi connectivity index (χ1v) is 9.16. The molecule has 2 fully saturated rings. The molecule has 1 aliphatic heterocycles. The molecule has 1 saturated carbocycles. The number of fused-ring (bicyclic) bond motifs is 1. The van der Waals surface area contributed by atoms with Gasteiger partial charge < -0.3 is 10.2 Å². The van der Waals surface area contributed by atoms with Crippen LogP contribution in [0.15, 0.2) is 36.5 Å². The van der Waals surface area contributed by atoms with Crippen LogP contribution in [0, 0.1) is 11.8 Å². The van der Waals surface area contributed by atoms with E-state index in [1.807, 2.05) is 35.2 Å². The molecular formula is C20H23N3O2.